The zero-order chi connectivity index (χ0) is 11.8. The van der Waals surface area contributed by atoms with Crippen LogP contribution in [0.15, 0.2) is 0 Å². The molecule has 0 unspecified atom stereocenters. The van der Waals surface area contributed by atoms with Gasteiger partial charge in [0.05, 0.1) is 11.5 Å². The van der Waals surface area contributed by atoms with Crippen molar-refractivity contribution in [3.63, 3.8) is 0 Å². The van der Waals surface area contributed by atoms with Gasteiger partial charge in [-0.25, -0.2) is 0 Å². The van der Waals surface area contributed by atoms with Gasteiger partial charge in [0.15, 0.2) is 5.78 Å². The van der Waals surface area contributed by atoms with Crippen LogP contribution in [0.4, 0.5) is 0 Å². The number of ketones is 3. The maximum Gasteiger partial charge on any atom is 0.152 e. The fourth-order valence-corrected chi connectivity index (χ4v) is 3.14. The average Bonchev–Trinajstić information content (AvgIpc) is 2.27. The lowest BCUT2D eigenvalue weighted by molar-refractivity contribution is -0.123. The zero-order valence-electron chi connectivity index (χ0n) is 9.20. The predicted molar refractivity (Wildman–Crippen MR) is 68.1 cm³/mol. The molecule has 0 aromatic heterocycles. The van der Waals surface area contributed by atoms with E-state index in [4.69, 9.17) is 0 Å². The van der Waals surface area contributed by atoms with E-state index in [9.17, 15) is 14.4 Å². The first-order valence-corrected chi connectivity index (χ1v) is 7.70. The molecule has 1 fully saturated rings. The Labute approximate surface area is 104 Å². The Morgan fingerprint density at radius 2 is 1.06 bits per heavy atom. The lowest BCUT2D eigenvalue weighted by Crippen LogP contribution is -2.06. The summed E-state index contributed by atoms with van der Waals surface area (Å²) < 4.78 is 0. The van der Waals surface area contributed by atoms with Gasteiger partial charge in [-0.3, -0.25) is 14.4 Å². The van der Waals surface area contributed by atoms with Gasteiger partial charge in [-0.1, -0.05) is 0 Å². The first kappa shape index (κ1) is 13.8. The molecule has 0 saturated carbocycles. The summed E-state index contributed by atoms with van der Waals surface area (Å²) in [4.78, 5) is 34.0. The van der Waals surface area contributed by atoms with E-state index in [-0.39, 0.29) is 17.3 Å². The van der Waals surface area contributed by atoms with Crippen LogP contribution in [0.5, 0.6) is 0 Å². The molecule has 3 nitrogen and oxygen atoms in total. The Balaban J connectivity index is 2.39. The van der Waals surface area contributed by atoms with Crippen molar-refractivity contribution in [2.45, 2.75) is 25.7 Å². The highest BCUT2D eigenvalue weighted by molar-refractivity contribution is 8.01. The second-order valence-electron chi connectivity index (χ2n) is 3.72. The number of hydrogen-bond donors (Lipinski definition) is 0. The molecular weight excluding hydrogens is 244 g/mol. The minimum Gasteiger partial charge on any atom is -0.300 e. The molecule has 0 bridgehead atoms. The smallest absolute Gasteiger partial charge is 0.152 e. The van der Waals surface area contributed by atoms with Crippen LogP contribution >= 0.6 is 23.5 Å². The monoisotopic (exact) mass is 260 g/mol. The van der Waals surface area contributed by atoms with Crippen molar-refractivity contribution in [1.82, 2.24) is 0 Å². The molecule has 1 saturated heterocycles. The summed E-state index contributed by atoms with van der Waals surface area (Å²) in [6, 6.07) is 0. The zero-order valence-corrected chi connectivity index (χ0v) is 10.8. The second-order valence-corrected chi connectivity index (χ2v) is 5.93. The Kier molecular flexibility index (Phi) is 6.80. The number of rotatable bonds is 0. The standard InChI is InChI=1S/C11H16O3S2/c12-9-1-2-10(13)4-6-16-8-11(14)7-15-5-3-9/h1-8H2. The predicted octanol–water partition coefficient (Wildman–Crippen LogP) is 1.73. The fourth-order valence-electron chi connectivity index (χ4n) is 1.31. The molecule has 0 amide bonds. The van der Waals surface area contributed by atoms with E-state index >= 15 is 0 Å². The normalized spacial score (nSPS) is 22.1. The van der Waals surface area contributed by atoms with Crippen molar-refractivity contribution in [3.05, 3.63) is 0 Å². The molecule has 1 heterocycles. The molecule has 0 spiro atoms. The van der Waals surface area contributed by atoms with Crippen LogP contribution in [0, 0.1) is 0 Å². The van der Waals surface area contributed by atoms with Crippen LogP contribution in [-0.4, -0.2) is 40.4 Å². The van der Waals surface area contributed by atoms with Crippen molar-refractivity contribution >= 4 is 40.9 Å². The lowest BCUT2D eigenvalue weighted by atomic mass is 10.1. The van der Waals surface area contributed by atoms with Crippen molar-refractivity contribution in [2.75, 3.05) is 23.0 Å². The summed E-state index contributed by atoms with van der Waals surface area (Å²) in [6.45, 7) is 0. The van der Waals surface area contributed by atoms with E-state index < -0.39 is 0 Å². The van der Waals surface area contributed by atoms with E-state index in [0.29, 0.717) is 48.7 Å². The molecule has 5 heteroatoms. The number of carbonyl (C=O) groups is 3. The molecule has 0 aromatic rings. The summed E-state index contributed by atoms with van der Waals surface area (Å²) in [5.41, 5.74) is 0. The average molecular weight is 260 g/mol. The SMILES string of the molecule is O=C1CCSCC(=O)CSCCC(=O)CC1. The first-order valence-electron chi connectivity index (χ1n) is 5.39. The maximum atomic E-state index is 11.4. The summed E-state index contributed by atoms with van der Waals surface area (Å²) in [6.07, 6.45) is 1.72. The van der Waals surface area contributed by atoms with E-state index in [1.165, 1.54) is 23.5 Å². The van der Waals surface area contributed by atoms with Crippen LogP contribution in [0.25, 0.3) is 0 Å². The molecule has 16 heavy (non-hydrogen) atoms. The van der Waals surface area contributed by atoms with E-state index in [1.807, 2.05) is 0 Å². The number of carbonyl (C=O) groups excluding carboxylic acids is 3. The molecule has 0 aliphatic carbocycles. The second kappa shape index (κ2) is 7.90. The van der Waals surface area contributed by atoms with Gasteiger partial charge in [0.2, 0.25) is 0 Å². The molecular formula is C11H16O3S2. The van der Waals surface area contributed by atoms with E-state index in [0.717, 1.165) is 0 Å². The lowest BCUT2D eigenvalue weighted by Gasteiger charge is -1.99. The van der Waals surface area contributed by atoms with Crippen molar-refractivity contribution in [2.24, 2.45) is 0 Å². The molecule has 1 aliphatic rings. The van der Waals surface area contributed by atoms with Crippen LogP contribution < -0.4 is 0 Å². The molecule has 0 N–H and O–H groups in total. The topological polar surface area (TPSA) is 51.2 Å². The van der Waals surface area contributed by atoms with Gasteiger partial charge >= 0.3 is 0 Å². The minimum atomic E-state index is 0.139. The van der Waals surface area contributed by atoms with Crippen LogP contribution in [-0.2, 0) is 14.4 Å². The van der Waals surface area contributed by atoms with Crippen molar-refractivity contribution < 1.29 is 14.4 Å². The van der Waals surface area contributed by atoms with Crippen LogP contribution in [0.3, 0.4) is 0 Å². The quantitative estimate of drug-likeness (QED) is 0.664. The van der Waals surface area contributed by atoms with Crippen molar-refractivity contribution in [1.29, 1.82) is 0 Å². The molecule has 90 valence electrons. The van der Waals surface area contributed by atoms with Gasteiger partial charge in [0.1, 0.15) is 11.6 Å². The third kappa shape index (κ3) is 6.33. The van der Waals surface area contributed by atoms with Gasteiger partial charge in [0.25, 0.3) is 0 Å². The highest BCUT2D eigenvalue weighted by Crippen LogP contribution is 2.11. The largest absolute Gasteiger partial charge is 0.300 e. The maximum absolute atomic E-state index is 11.4. The highest BCUT2D eigenvalue weighted by Gasteiger charge is 2.10. The van der Waals surface area contributed by atoms with Gasteiger partial charge in [0, 0.05) is 37.2 Å². The van der Waals surface area contributed by atoms with Crippen LogP contribution in [0.1, 0.15) is 25.7 Å². The Morgan fingerprint density at radius 1 is 0.625 bits per heavy atom. The van der Waals surface area contributed by atoms with Crippen molar-refractivity contribution in [3.8, 4) is 0 Å². The Morgan fingerprint density at radius 3 is 1.50 bits per heavy atom. The third-order valence-electron chi connectivity index (χ3n) is 2.26. The first-order chi connectivity index (χ1) is 7.68. The van der Waals surface area contributed by atoms with Gasteiger partial charge in [-0.05, 0) is 0 Å². The van der Waals surface area contributed by atoms with Gasteiger partial charge in [-0.15, -0.1) is 0 Å². The molecule has 1 rings (SSSR count). The molecule has 0 aromatic carbocycles. The third-order valence-corrected chi connectivity index (χ3v) is 4.30. The molecule has 0 atom stereocenters. The summed E-state index contributed by atoms with van der Waals surface area (Å²) >= 11 is 3.04. The summed E-state index contributed by atoms with van der Waals surface area (Å²) in [7, 11) is 0. The summed E-state index contributed by atoms with van der Waals surface area (Å²) in [5.74, 6) is 2.87. The number of hydrogen-bond acceptors (Lipinski definition) is 5. The fraction of sp³-hybridized carbons (Fsp3) is 0.727. The number of thioether (sulfide) groups is 2. The Hall–Kier alpha value is -0.290. The van der Waals surface area contributed by atoms with Crippen LogP contribution in [0.2, 0.25) is 0 Å². The Bertz CT molecular complexity index is 250. The number of Topliss-reactive ketones (excluding diaryl/α,β-unsaturated/α-hetero) is 3. The van der Waals surface area contributed by atoms with Gasteiger partial charge < -0.3 is 0 Å². The molecule has 1 aliphatic heterocycles. The highest BCUT2D eigenvalue weighted by atomic mass is 32.2. The van der Waals surface area contributed by atoms with E-state index in [2.05, 4.69) is 0 Å². The minimum absolute atomic E-state index is 0.139. The molecule has 0 radical (unpaired) electrons. The van der Waals surface area contributed by atoms with Gasteiger partial charge in [-0.2, -0.15) is 23.5 Å². The van der Waals surface area contributed by atoms with E-state index in [1.54, 1.807) is 0 Å². The summed E-state index contributed by atoms with van der Waals surface area (Å²) in [5, 5.41) is 0.